The standard InChI is InChI=1S/C18H27Cl/c1-12(2)15-7-8-18(19)17(10-15)11-16-9-13(3)5-6-14(16)4/h5-6,9,12,15,17-18H,7-8,10-11H2,1-4H3. The number of aryl methyl sites for hydroxylation is 2. The van der Waals surface area contributed by atoms with E-state index in [4.69, 9.17) is 11.6 Å². The quantitative estimate of drug-likeness (QED) is 0.638. The molecule has 0 N–H and O–H groups in total. The Kier molecular flexibility index (Phi) is 4.95. The first-order chi connectivity index (χ1) is 8.97. The average Bonchev–Trinajstić information content (AvgIpc) is 2.36. The Hall–Kier alpha value is -0.490. The lowest BCUT2D eigenvalue weighted by Gasteiger charge is -2.35. The van der Waals surface area contributed by atoms with Crippen LogP contribution in [-0.2, 0) is 6.42 Å². The lowest BCUT2D eigenvalue weighted by atomic mass is 9.73. The predicted octanol–water partition coefficient (Wildman–Crippen LogP) is 5.53. The molecule has 19 heavy (non-hydrogen) atoms. The van der Waals surface area contributed by atoms with E-state index in [0.29, 0.717) is 11.3 Å². The van der Waals surface area contributed by atoms with Crippen molar-refractivity contribution in [2.45, 2.75) is 58.8 Å². The van der Waals surface area contributed by atoms with Crippen molar-refractivity contribution in [2.24, 2.45) is 17.8 Å². The summed E-state index contributed by atoms with van der Waals surface area (Å²) in [6.45, 7) is 9.11. The Morgan fingerprint density at radius 3 is 2.63 bits per heavy atom. The molecule has 0 radical (unpaired) electrons. The van der Waals surface area contributed by atoms with Gasteiger partial charge in [0.1, 0.15) is 0 Å². The SMILES string of the molecule is Cc1ccc(C)c(CC2CC(C(C)C)CCC2Cl)c1. The van der Waals surface area contributed by atoms with Crippen molar-refractivity contribution in [1.29, 1.82) is 0 Å². The number of rotatable bonds is 3. The summed E-state index contributed by atoms with van der Waals surface area (Å²) in [6, 6.07) is 6.80. The molecule has 1 aromatic rings. The van der Waals surface area contributed by atoms with Gasteiger partial charge in [-0.05, 0) is 68.4 Å². The zero-order valence-corrected chi connectivity index (χ0v) is 13.5. The van der Waals surface area contributed by atoms with Gasteiger partial charge in [0.25, 0.3) is 0 Å². The average molecular weight is 279 g/mol. The maximum atomic E-state index is 6.59. The molecule has 3 unspecified atom stereocenters. The first kappa shape index (κ1) is 14.9. The highest BCUT2D eigenvalue weighted by atomic mass is 35.5. The largest absolute Gasteiger partial charge is 0.123 e. The minimum atomic E-state index is 0.370. The molecule has 1 heteroatoms. The molecule has 0 spiro atoms. The molecule has 1 aliphatic carbocycles. The second-order valence-electron chi connectivity index (χ2n) is 6.73. The van der Waals surface area contributed by atoms with Gasteiger partial charge in [0, 0.05) is 5.38 Å². The zero-order chi connectivity index (χ0) is 14.0. The first-order valence-corrected chi connectivity index (χ1v) is 8.11. The highest BCUT2D eigenvalue weighted by Crippen LogP contribution is 2.38. The van der Waals surface area contributed by atoms with E-state index in [2.05, 4.69) is 45.9 Å². The normalized spacial score (nSPS) is 27.8. The molecule has 1 saturated carbocycles. The third-order valence-corrected chi connectivity index (χ3v) is 5.43. The van der Waals surface area contributed by atoms with Crippen LogP contribution in [0.25, 0.3) is 0 Å². The fourth-order valence-corrected chi connectivity index (χ4v) is 3.70. The molecule has 0 aliphatic heterocycles. The van der Waals surface area contributed by atoms with Gasteiger partial charge >= 0.3 is 0 Å². The summed E-state index contributed by atoms with van der Waals surface area (Å²) in [5, 5.41) is 0.370. The van der Waals surface area contributed by atoms with Gasteiger partial charge in [0.15, 0.2) is 0 Å². The van der Waals surface area contributed by atoms with Crippen LogP contribution in [0.2, 0.25) is 0 Å². The Bertz CT molecular complexity index is 422. The van der Waals surface area contributed by atoms with E-state index in [1.807, 2.05) is 0 Å². The summed E-state index contributed by atoms with van der Waals surface area (Å²) >= 11 is 6.59. The fourth-order valence-electron chi connectivity index (χ4n) is 3.38. The summed E-state index contributed by atoms with van der Waals surface area (Å²) in [5.74, 6) is 2.32. The van der Waals surface area contributed by atoms with Crippen LogP contribution >= 0.6 is 11.6 Å². The molecule has 1 aromatic carbocycles. The molecule has 0 saturated heterocycles. The summed E-state index contributed by atoms with van der Waals surface area (Å²) < 4.78 is 0. The second kappa shape index (κ2) is 6.31. The van der Waals surface area contributed by atoms with E-state index in [1.165, 1.54) is 36.0 Å². The summed E-state index contributed by atoms with van der Waals surface area (Å²) in [6.07, 6.45) is 4.97. The van der Waals surface area contributed by atoms with E-state index < -0.39 is 0 Å². The Morgan fingerprint density at radius 2 is 1.95 bits per heavy atom. The zero-order valence-electron chi connectivity index (χ0n) is 12.7. The van der Waals surface area contributed by atoms with Crippen LogP contribution in [0.1, 0.15) is 49.8 Å². The summed E-state index contributed by atoms with van der Waals surface area (Å²) in [7, 11) is 0. The molecule has 0 bridgehead atoms. The number of benzene rings is 1. The van der Waals surface area contributed by atoms with E-state index in [1.54, 1.807) is 0 Å². The van der Waals surface area contributed by atoms with Crippen molar-refractivity contribution in [2.75, 3.05) is 0 Å². The third kappa shape index (κ3) is 3.75. The van der Waals surface area contributed by atoms with E-state index in [0.717, 1.165) is 18.3 Å². The Balaban J connectivity index is 2.09. The Labute approximate surface area is 123 Å². The second-order valence-corrected chi connectivity index (χ2v) is 7.29. The molecular weight excluding hydrogens is 252 g/mol. The summed E-state index contributed by atoms with van der Waals surface area (Å²) in [4.78, 5) is 0. The minimum Gasteiger partial charge on any atom is -0.123 e. The highest BCUT2D eigenvalue weighted by Gasteiger charge is 2.30. The van der Waals surface area contributed by atoms with Gasteiger partial charge in [-0.1, -0.05) is 37.6 Å². The number of hydrogen-bond donors (Lipinski definition) is 0. The van der Waals surface area contributed by atoms with Crippen LogP contribution in [-0.4, -0.2) is 5.38 Å². The van der Waals surface area contributed by atoms with Gasteiger partial charge in [-0.15, -0.1) is 11.6 Å². The molecule has 0 heterocycles. The van der Waals surface area contributed by atoms with Crippen LogP contribution in [0.4, 0.5) is 0 Å². The van der Waals surface area contributed by atoms with Crippen LogP contribution in [0.5, 0.6) is 0 Å². The molecular formula is C18H27Cl. The first-order valence-electron chi connectivity index (χ1n) is 7.67. The van der Waals surface area contributed by atoms with Crippen molar-refractivity contribution in [3.05, 3.63) is 34.9 Å². The van der Waals surface area contributed by atoms with Gasteiger partial charge in [0.2, 0.25) is 0 Å². The van der Waals surface area contributed by atoms with Gasteiger partial charge in [-0.25, -0.2) is 0 Å². The molecule has 0 amide bonds. The lowest BCUT2D eigenvalue weighted by molar-refractivity contribution is 0.218. The van der Waals surface area contributed by atoms with Crippen LogP contribution < -0.4 is 0 Å². The van der Waals surface area contributed by atoms with Crippen molar-refractivity contribution >= 4 is 11.6 Å². The van der Waals surface area contributed by atoms with Crippen molar-refractivity contribution in [3.8, 4) is 0 Å². The number of halogens is 1. The van der Waals surface area contributed by atoms with Crippen LogP contribution in [0.3, 0.4) is 0 Å². The van der Waals surface area contributed by atoms with Gasteiger partial charge in [-0.2, -0.15) is 0 Å². The molecule has 1 fully saturated rings. The fraction of sp³-hybridized carbons (Fsp3) is 0.667. The number of hydrogen-bond acceptors (Lipinski definition) is 0. The topological polar surface area (TPSA) is 0 Å². The van der Waals surface area contributed by atoms with Crippen molar-refractivity contribution < 1.29 is 0 Å². The maximum absolute atomic E-state index is 6.59. The van der Waals surface area contributed by atoms with Gasteiger partial charge in [0.05, 0.1) is 0 Å². The van der Waals surface area contributed by atoms with Gasteiger partial charge < -0.3 is 0 Å². The minimum absolute atomic E-state index is 0.370. The monoisotopic (exact) mass is 278 g/mol. The third-order valence-electron chi connectivity index (χ3n) is 4.86. The maximum Gasteiger partial charge on any atom is 0.0367 e. The van der Waals surface area contributed by atoms with E-state index in [-0.39, 0.29) is 0 Å². The van der Waals surface area contributed by atoms with Crippen LogP contribution in [0, 0.1) is 31.6 Å². The smallest absolute Gasteiger partial charge is 0.0367 e. The van der Waals surface area contributed by atoms with Crippen LogP contribution in [0.15, 0.2) is 18.2 Å². The van der Waals surface area contributed by atoms with Crippen molar-refractivity contribution in [3.63, 3.8) is 0 Å². The van der Waals surface area contributed by atoms with Gasteiger partial charge in [-0.3, -0.25) is 0 Å². The molecule has 106 valence electrons. The lowest BCUT2D eigenvalue weighted by Crippen LogP contribution is -2.29. The predicted molar refractivity (Wildman–Crippen MR) is 84.9 cm³/mol. The van der Waals surface area contributed by atoms with E-state index in [9.17, 15) is 0 Å². The molecule has 0 aromatic heterocycles. The molecule has 0 nitrogen and oxygen atoms in total. The summed E-state index contributed by atoms with van der Waals surface area (Å²) in [5.41, 5.74) is 4.28. The molecule has 2 rings (SSSR count). The van der Waals surface area contributed by atoms with Crippen molar-refractivity contribution in [1.82, 2.24) is 0 Å². The number of alkyl halides is 1. The molecule has 1 aliphatic rings. The van der Waals surface area contributed by atoms with E-state index >= 15 is 0 Å². The highest BCUT2D eigenvalue weighted by molar-refractivity contribution is 6.20. The molecule has 3 atom stereocenters. The Morgan fingerprint density at radius 1 is 1.21 bits per heavy atom.